The average molecular weight is 196 g/mol. The molecule has 0 aromatic carbocycles. The number of hydrogen-bond donors (Lipinski definition) is 2. The molecule has 1 heterocycles. The van der Waals surface area contributed by atoms with Crippen molar-refractivity contribution in [2.24, 2.45) is 0 Å². The summed E-state index contributed by atoms with van der Waals surface area (Å²) in [7, 11) is 1.46. The number of amides is 1. The van der Waals surface area contributed by atoms with Gasteiger partial charge >= 0.3 is 6.01 Å². The smallest absolute Gasteiger partial charge is 0.318 e. The number of carbonyl (C=O) groups is 1. The molecule has 1 aromatic rings. The molecule has 6 nitrogen and oxygen atoms in total. The van der Waals surface area contributed by atoms with E-state index in [0.717, 1.165) is 0 Å². The van der Waals surface area contributed by atoms with Crippen LogP contribution in [0.1, 0.15) is 12.5 Å². The molecule has 76 valence electrons. The van der Waals surface area contributed by atoms with Crippen LogP contribution in [0.4, 0.5) is 5.82 Å². The quantitative estimate of drug-likeness (QED) is 0.692. The molecule has 14 heavy (non-hydrogen) atoms. The first-order chi connectivity index (χ1) is 6.63. The third kappa shape index (κ3) is 2.58. The molecule has 0 saturated heterocycles. The number of nitrogens with one attached hydrogen (secondary N) is 1. The summed E-state index contributed by atoms with van der Waals surface area (Å²) in [6.45, 7) is 1.76. The summed E-state index contributed by atoms with van der Waals surface area (Å²) in [6.07, 6.45) is 1.52. The number of nitrogen functional groups attached to an aromatic ring is 1. The molecular weight excluding hydrogens is 184 g/mol. The number of aromatic nitrogens is 2. The fourth-order valence-electron chi connectivity index (χ4n) is 0.857. The van der Waals surface area contributed by atoms with Gasteiger partial charge in [0.25, 0.3) is 0 Å². The minimum Gasteiger partial charge on any atom is -0.467 e. The van der Waals surface area contributed by atoms with Gasteiger partial charge in [-0.05, 0) is 0 Å². The maximum Gasteiger partial charge on any atom is 0.318 e. The van der Waals surface area contributed by atoms with Gasteiger partial charge in [-0.25, -0.2) is 4.98 Å². The lowest BCUT2D eigenvalue weighted by Gasteiger charge is -2.05. The zero-order valence-corrected chi connectivity index (χ0v) is 8.07. The maximum atomic E-state index is 10.6. The zero-order valence-electron chi connectivity index (χ0n) is 8.07. The summed E-state index contributed by atoms with van der Waals surface area (Å²) in [5.41, 5.74) is 6.27. The van der Waals surface area contributed by atoms with Gasteiger partial charge in [-0.2, -0.15) is 4.98 Å². The second-order valence-corrected chi connectivity index (χ2v) is 2.68. The van der Waals surface area contributed by atoms with E-state index < -0.39 is 0 Å². The van der Waals surface area contributed by atoms with Gasteiger partial charge in [-0.3, -0.25) is 4.79 Å². The van der Waals surface area contributed by atoms with Crippen LogP contribution in [0.5, 0.6) is 6.01 Å². The van der Waals surface area contributed by atoms with Crippen LogP contribution in [0, 0.1) is 0 Å². The van der Waals surface area contributed by atoms with Crippen LogP contribution in [-0.4, -0.2) is 23.0 Å². The standard InChI is InChI=1S/C8H12N4O2/c1-5(13)10-3-6-4-11-8(14-2)12-7(6)9/h4H,3H2,1-2H3,(H,10,13)(H2,9,11,12). The van der Waals surface area contributed by atoms with Crippen LogP contribution in [0.15, 0.2) is 6.20 Å². The van der Waals surface area contributed by atoms with E-state index >= 15 is 0 Å². The van der Waals surface area contributed by atoms with Gasteiger partial charge in [-0.1, -0.05) is 0 Å². The summed E-state index contributed by atoms with van der Waals surface area (Å²) in [5.74, 6) is 0.186. The molecule has 0 bridgehead atoms. The molecule has 0 radical (unpaired) electrons. The molecule has 0 aliphatic rings. The second-order valence-electron chi connectivity index (χ2n) is 2.68. The van der Waals surface area contributed by atoms with Crippen molar-refractivity contribution >= 4 is 11.7 Å². The van der Waals surface area contributed by atoms with E-state index in [1.807, 2.05) is 0 Å². The number of hydrogen-bond acceptors (Lipinski definition) is 5. The Morgan fingerprint density at radius 1 is 1.71 bits per heavy atom. The molecule has 1 aromatic heterocycles. The van der Waals surface area contributed by atoms with Crippen molar-refractivity contribution in [3.8, 4) is 6.01 Å². The van der Waals surface area contributed by atoms with Crippen LogP contribution < -0.4 is 15.8 Å². The number of ether oxygens (including phenoxy) is 1. The maximum absolute atomic E-state index is 10.6. The van der Waals surface area contributed by atoms with Gasteiger partial charge in [-0.15, -0.1) is 0 Å². The monoisotopic (exact) mass is 196 g/mol. The Morgan fingerprint density at radius 3 is 2.93 bits per heavy atom. The second kappa shape index (κ2) is 4.40. The molecule has 1 amide bonds. The van der Waals surface area contributed by atoms with E-state index in [-0.39, 0.29) is 11.9 Å². The Labute approximate surface area is 81.5 Å². The van der Waals surface area contributed by atoms with Gasteiger partial charge in [0.15, 0.2) is 0 Å². The molecule has 0 unspecified atom stereocenters. The highest BCUT2D eigenvalue weighted by Crippen LogP contribution is 2.10. The zero-order chi connectivity index (χ0) is 10.6. The predicted molar refractivity (Wildman–Crippen MR) is 50.5 cm³/mol. The third-order valence-corrected chi connectivity index (χ3v) is 1.59. The van der Waals surface area contributed by atoms with Crippen molar-refractivity contribution in [3.05, 3.63) is 11.8 Å². The average Bonchev–Trinajstić information content (AvgIpc) is 2.15. The minimum atomic E-state index is -0.125. The number of anilines is 1. The summed E-state index contributed by atoms with van der Waals surface area (Å²) < 4.78 is 4.79. The van der Waals surface area contributed by atoms with Crippen molar-refractivity contribution in [3.63, 3.8) is 0 Å². The highest BCUT2D eigenvalue weighted by Gasteiger charge is 2.04. The Bertz CT molecular complexity index is 340. The van der Waals surface area contributed by atoms with Crippen LogP contribution in [0.25, 0.3) is 0 Å². The first kappa shape index (κ1) is 10.2. The highest BCUT2D eigenvalue weighted by atomic mass is 16.5. The molecule has 0 fully saturated rings. The Hall–Kier alpha value is -1.85. The lowest BCUT2D eigenvalue weighted by molar-refractivity contribution is -0.119. The summed E-state index contributed by atoms with van der Waals surface area (Å²) in [4.78, 5) is 18.4. The lowest BCUT2D eigenvalue weighted by atomic mass is 10.3. The van der Waals surface area contributed by atoms with Gasteiger partial charge in [0.05, 0.1) is 7.11 Å². The van der Waals surface area contributed by atoms with E-state index in [2.05, 4.69) is 15.3 Å². The summed E-state index contributed by atoms with van der Waals surface area (Å²) in [5, 5.41) is 2.60. The lowest BCUT2D eigenvalue weighted by Crippen LogP contribution is -2.20. The molecule has 1 rings (SSSR count). The molecule has 0 atom stereocenters. The molecule has 3 N–H and O–H groups in total. The highest BCUT2D eigenvalue weighted by molar-refractivity contribution is 5.72. The molecule has 0 aliphatic heterocycles. The van der Waals surface area contributed by atoms with E-state index in [0.29, 0.717) is 17.9 Å². The fourth-order valence-corrected chi connectivity index (χ4v) is 0.857. The molecule has 0 aliphatic carbocycles. The first-order valence-corrected chi connectivity index (χ1v) is 4.03. The molecule has 0 spiro atoms. The Morgan fingerprint density at radius 2 is 2.43 bits per heavy atom. The number of rotatable bonds is 3. The van der Waals surface area contributed by atoms with Crippen molar-refractivity contribution in [1.29, 1.82) is 0 Å². The van der Waals surface area contributed by atoms with Crippen LogP contribution in [0.2, 0.25) is 0 Å². The minimum absolute atomic E-state index is 0.125. The van der Waals surface area contributed by atoms with Gasteiger partial charge < -0.3 is 15.8 Å². The fraction of sp³-hybridized carbons (Fsp3) is 0.375. The topological polar surface area (TPSA) is 90.1 Å². The van der Waals surface area contributed by atoms with Crippen LogP contribution >= 0.6 is 0 Å². The van der Waals surface area contributed by atoms with Gasteiger partial charge in [0, 0.05) is 25.2 Å². The van der Waals surface area contributed by atoms with Crippen molar-refractivity contribution < 1.29 is 9.53 Å². The molecule has 0 saturated carbocycles. The molecular formula is C8H12N4O2. The van der Waals surface area contributed by atoms with E-state index in [4.69, 9.17) is 10.5 Å². The van der Waals surface area contributed by atoms with Crippen molar-refractivity contribution in [2.75, 3.05) is 12.8 Å². The van der Waals surface area contributed by atoms with E-state index in [1.54, 1.807) is 0 Å². The van der Waals surface area contributed by atoms with Crippen molar-refractivity contribution in [2.45, 2.75) is 13.5 Å². The van der Waals surface area contributed by atoms with E-state index in [9.17, 15) is 4.79 Å². The largest absolute Gasteiger partial charge is 0.467 e. The van der Waals surface area contributed by atoms with Gasteiger partial charge in [0.1, 0.15) is 5.82 Å². The Kier molecular flexibility index (Phi) is 3.22. The number of nitrogens with two attached hydrogens (primary N) is 1. The van der Waals surface area contributed by atoms with Crippen LogP contribution in [-0.2, 0) is 11.3 Å². The molecule has 6 heteroatoms. The third-order valence-electron chi connectivity index (χ3n) is 1.59. The number of nitrogens with zero attached hydrogens (tertiary/aromatic N) is 2. The predicted octanol–water partition coefficient (Wildman–Crippen LogP) is -0.297. The number of methoxy groups -OCH3 is 1. The number of carbonyl (C=O) groups excluding carboxylic acids is 1. The van der Waals surface area contributed by atoms with E-state index in [1.165, 1.54) is 20.2 Å². The summed E-state index contributed by atoms with van der Waals surface area (Å²) in [6, 6.07) is 0.217. The summed E-state index contributed by atoms with van der Waals surface area (Å²) >= 11 is 0. The van der Waals surface area contributed by atoms with Crippen molar-refractivity contribution in [1.82, 2.24) is 15.3 Å². The normalized spacial score (nSPS) is 9.57. The van der Waals surface area contributed by atoms with Crippen LogP contribution in [0.3, 0.4) is 0 Å². The van der Waals surface area contributed by atoms with Gasteiger partial charge in [0.2, 0.25) is 5.91 Å². The SMILES string of the molecule is COc1ncc(CNC(C)=O)c(N)n1. The Balaban J connectivity index is 2.73. The first-order valence-electron chi connectivity index (χ1n) is 4.03.